The lowest BCUT2D eigenvalue weighted by atomic mass is 10.1. The predicted molar refractivity (Wildman–Crippen MR) is 98.1 cm³/mol. The number of hydrogen-bond acceptors (Lipinski definition) is 15. The number of aldehydes is 3. The molecule has 186 valence electrons. The van der Waals surface area contributed by atoms with Gasteiger partial charge in [-0.1, -0.05) is 0 Å². The van der Waals surface area contributed by atoms with Crippen molar-refractivity contribution in [2.45, 2.75) is 68.0 Å². The summed E-state index contributed by atoms with van der Waals surface area (Å²) in [5, 5.41) is 103. The number of carbonyl (C=O) groups is 3. The largest absolute Gasteiger partial charge is 0.394 e. The van der Waals surface area contributed by atoms with Gasteiger partial charge in [0.15, 0.2) is 18.9 Å². The highest BCUT2D eigenvalue weighted by Crippen LogP contribution is 2.02. The number of aliphatic hydroxyl groups is 12. The van der Waals surface area contributed by atoms with Gasteiger partial charge in [0.1, 0.15) is 54.9 Å². The van der Waals surface area contributed by atoms with E-state index in [1.807, 2.05) is 0 Å². The monoisotopic (exact) mass is 464 g/mol. The quantitative estimate of drug-likeness (QED) is 0.119. The lowest BCUT2D eigenvalue weighted by Gasteiger charge is -2.21. The maximum atomic E-state index is 9.87. The minimum atomic E-state index is -1.65. The number of rotatable bonds is 12. The topological polar surface area (TPSA) is 294 Å². The van der Waals surface area contributed by atoms with Gasteiger partial charge in [0.05, 0.1) is 19.3 Å². The van der Waals surface area contributed by atoms with Crippen molar-refractivity contribution in [2.24, 2.45) is 0 Å². The molecular formula is C16H32O15. The fourth-order valence-corrected chi connectivity index (χ4v) is 1.40. The standard InChI is InChI=1S/C6H12O5.2C5H10O5/c1-3(8)5(10)6(11)4(9)2-7;2*6-1-3(8)5(10)4(9)2-7/h2-6,8-11H,1H3;2*1,3-5,7-10H,2H2/t3-,4-,5-,6-;3-,4+,5+;3-,4-,5+/m000/s1. The van der Waals surface area contributed by atoms with E-state index in [1.54, 1.807) is 0 Å². The fraction of sp³-hybridized carbons (Fsp3) is 0.812. The van der Waals surface area contributed by atoms with E-state index in [0.717, 1.165) is 0 Å². The Morgan fingerprint density at radius 2 is 0.774 bits per heavy atom. The van der Waals surface area contributed by atoms with Crippen molar-refractivity contribution in [1.29, 1.82) is 0 Å². The second-order valence-electron chi connectivity index (χ2n) is 6.08. The summed E-state index contributed by atoms with van der Waals surface area (Å²) in [5.41, 5.74) is 0. The molecule has 0 amide bonds. The van der Waals surface area contributed by atoms with Crippen LogP contribution in [0.5, 0.6) is 0 Å². The van der Waals surface area contributed by atoms with Crippen LogP contribution in [-0.4, -0.2) is 154 Å². The van der Waals surface area contributed by atoms with Gasteiger partial charge in [0.25, 0.3) is 0 Å². The Labute approximate surface area is 176 Å². The molecule has 0 aliphatic heterocycles. The molecule has 15 heteroatoms. The van der Waals surface area contributed by atoms with Crippen molar-refractivity contribution >= 4 is 18.9 Å². The van der Waals surface area contributed by atoms with Crippen molar-refractivity contribution in [3.05, 3.63) is 0 Å². The summed E-state index contributed by atoms with van der Waals surface area (Å²) in [6, 6.07) is 0. The molecule has 15 nitrogen and oxygen atoms in total. The third-order valence-electron chi connectivity index (χ3n) is 3.47. The molecule has 0 aromatic carbocycles. The first-order valence-electron chi connectivity index (χ1n) is 8.65. The second kappa shape index (κ2) is 19.2. The smallest absolute Gasteiger partial charge is 0.151 e. The summed E-state index contributed by atoms with van der Waals surface area (Å²) < 4.78 is 0. The zero-order valence-corrected chi connectivity index (χ0v) is 16.5. The molecule has 12 N–H and O–H groups in total. The van der Waals surface area contributed by atoms with Crippen LogP contribution in [0.4, 0.5) is 0 Å². The van der Waals surface area contributed by atoms with Crippen molar-refractivity contribution in [3.63, 3.8) is 0 Å². The molecule has 0 unspecified atom stereocenters. The van der Waals surface area contributed by atoms with Crippen LogP contribution >= 0.6 is 0 Å². The molecule has 0 spiro atoms. The minimum Gasteiger partial charge on any atom is -0.394 e. The predicted octanol–water partition coefficient (Wildman–Crippen LogP) is -7.83. The van der Waals surface area contributed by atoms with Gasteiger partial charge in [-0.15, -0.1) is 0 Å². The molecule has 0 bridgehead atoms. The van der Waals surface area contributed by atoms with E-state index in [2.05, 4.69) is 0 Å². The van der Waals surface area contributed by atoms with Gasteiger partial charge >= 0.3 is 0 Å². The normalized spacial score (nSPS) is 20.4. The van der Waals surface area contributed by atoms with E-state index in [4.69, 9.17) is 61.3 Å². The van der Waals surface area contributed by atoms with Crippen LogP contribution in [0.2, 0.25) is 0 Å². The molecule has 0 radical (unpaired) electrons. The van der Waals surface area contributed by atoms with Crippen molar-refractivity contribution in [2.75, 3.05) is 13.2 Å². The van der Waals surface area contributed by atoms with Crippen LogP contribution in [0.3, 0.4) is 0 Å². The summed E-state index contributed by atoms with van der Waals surface area (Å²) >= 11 is 0. The SMILES string of the molecule is C[C@H](O)[C@H](O)[C@@H](O)[C@@H](O)C=O.O=C[C@H](O)[C@@H](O)[C@@H](O)CO.O=C[C@H](O)[C@@H](O)[C@H](O)CO. The molecule has 0 aromatic rings. The Bertz CT molecular complexity index is 436. The summed E-state index contributed by atoms with van der Waals surface area (Å²) in [4.78, 5) is 29.4. The van der Waals surface area contributed by atoms with Crippen LogP contribution < -0.4 is 0 Å². The maximum Gasteiger partial charge on any atom is 0.151 e. The summed E-state index contributed by atoms with van der Waals surface area (Å²) in [6.07, 6.45) is -15.1. The average Bonchev–Trinajstić information content (AvgIpc) is 2.79. The van der Waals surface area contributed by atoms with Gasteiger partial charge in [0, 0.05) is 0 Å². The van der Waals surface area contributed by atoms with Crippen molar-refractivity contribution in [3.8, 4) is 0 Å². The van der Waals surface area contributed by atoms with E-state index in [0.29, 0.717) is 0 Å². The first kappa shape index (κ1) is 34.2. The first-order valence-corrected chi connectivity index (χ1v) is 8.65. The van der Waals surface area contributed by atoms with Gasteiger partial charge < -0.3 is 75.7 Å². The van der Waals surface area contributed by atoms with Gasteiger partial charge in [-0.2, -0.15) is 0 Å². The van der Waals surface area contributed by atoms with E-state index in [9.17, 15) is 14.4 Å². The molecule has 0 aromatic heterocycles. The lowest BCUT2D eigenvalue weighted by Crippen LogP contribution is -2.43. The van der Waals surface area contributed by atoms with Gasteiger partial charge in [0.2, 0.25) is 0 Å². The summed E-state index contributed by atoms with van der Waals surface area (Å²) in [7, 11) is 0. The summed E-state index contributed by atoms with van der Waals surface area (Å²) in [5.74, 6) is 0. The Morgan fingerprint density at radius 1 is 0.516 bits per heavy atom. The first-order chi connectivity index (χ1) is 14.3. The number of carbonyl (C=O) groups excluding carboxylic acids is 3. The third-order valence-corrected chi connectivity index (χ3v) is 3.47. The molecule has 0 fully saturated rings. The lowest BCUT2D eigenvalue weighted by molar-refractivity contribution is -0.132. The molecule has 0 saturated heterocycles. The molecule has 0 aliphatic rings. The average molecular weight is 464 g/mol. The molecule has 0 rings (SSSR count). The van der Waals surface area contributed by atoms with Crippen molar-refractivity contribution < 1.29 is 75.7 Å². The van der Waals surface area contributed by atoms with Gasteiger partial charge in [-0.25, -0.2) is 0 Å². The van der Waals surface area contributed by atoms with E-state index < -0.39 is 74.3 Å². The van der Waals surface area contributed by atoms with Crippen LogP contribution in [0.1, 0.15) is 6.92 Å². The Balaban J connectivity index is -0.000000380. The maximum absolute atomic E-state index is 9.87. The minimum absolute atomic E-state index is 0.0869. The van der Waals surface area contributed by atoms with Crippen LogP contribution in [0.15, 0.2) is 0 Å². The molecule has 0 heterocycles. The number of aliphatic hydroxyl groups excluding tert-OH is 12. The highest BCUT2D eigenvalue weighted by molar-refractivity contribution is 5.57. The van der Waals surface area contributed by atoms with E-state index >= 15 is 0 Å². The van der Waals surface area contributed by atoms with Crippen LogP contribution in [0, 0.1) is 0 Å². The molecule has 0 saturated carbocycles. The zero-order chi connectivity index (χ0) is 25.3. The van der Waals surface area contributed by atoms with Crippen LogP contribution in [-0.2, 0) is 14.4 Å². The highest BCUT2D eigenvalue weighted by Gasteiger charge is 2.27. The number of hydrogen-bond donors (Lipinski definition) is 12. The van der Waals surface area contributed by atoms with Gasteiger partial charge in [-0.05, 0) is 6.92 Å². The van der Waals surface area contributed by atoms with E-state index in [1.165, 1.54) is 6.92 Å². The van der Waals surface area contributed by atoms with Gasteiger partial charge in [-0.3, -0.25) is 0 Å². The third kappa shape index (κ3) is 15.0. The highest BCUT2D eigenvalue weighted by atomic mass is 16.4. The summed E-state index contributed by atoms with van der Waals surface area (Å²) in [6.45, 7) is -0.135. The Hall–Kier alpha value is -1.47. The molecule has 0 aliphatic carbocycles. The molecule has 31 heavy (non-hydrogen) atoms. The van der Waals surface area contributed by atoms with Crippen LogP contribution in [0.25, 0.3) is 0 Å². The fourth-order valence-electron chi connectivity index (χ4n) is 1.40. The van der Waals surface area contributed by atoms with E-state index in [-0.39, 0.29) is 18.9 Å². The zero-order valence-electron chi connectivity index (χ0n) is 16.5. The molecule has 10 atom stereocenters. The Kier molecular flexibility index (Phi) is 21.2. The van der Waals surface area contributed by atoms with Crippen molar-refractivity contribution in [1.82, 2.24) is 0 Å². The second-order valence-corrected chi connectivity index (χ2v) is 6.08. The Morgan fingerprint density at radius 3 is 0.968 bits per heavy atom. The molecular weight excluding hydrogens is 432 g/mol.